The third kappa shape index (κ3) is 6.43. The Morgan fingerprint density at radius 3 is 2.04 bits per heavy atom. The van der Waals surface area contributed by atoms with Crippen LogP contribution in [0.4, 0.5) is 5.69 Å². The van der Waals surface area contributed by atoms with Crippen molar-refractivity contribution in [3.05, 3.63) is 65.2 Å². The van der Waals surface area contributed by atoms with Crippen molar-refractivity contribution in [2.24, 2.45) is 0 Å². The van der Waals surface area contributed by atoms with E-state index in [1.165, 1.54) is 16.7 Å². The fourth-order valence-corrected chi connectivity index (χ4v) is 2.97. The molecule has 0 radical (unpaired) electrons. The van der Waals surface area contributed by atoms with Crippen LogP contribution in [0.25, 0.3) is 0 Å². The minimum absolute atomic E-state index is 0.541. The van der Waals surface area contributed by atoms with Gasteiger partial charge in [0.25, 0.3) is 0 Å². The van der Waals surface area contributed by atoms with Crippen LogP contribution in [0, 0.1) is 0 Å². The molecule has 0 fully saturated rings. The molecule has 2 aromatic rings. The summed E-state index contributed by atoms with van der Waals surface area (Å²) in [5.41, 5.74) is 4.93. The number of benzene rings is 2. The molecule has 2 N–H and O–H groups in total. The maximum Gasteiger partial charge on any atom is 0.171 e. The Labute approximate surface area is 163 Å². The lowest BCUT2D eigenvalue weighted by molar-refractivity contribution is 0.296. The van der Waals surface area contributed by atoms with Crippen LogP contribution in [0.15, 0.2) is 48.5 Å². The molecule has 0 unspecified atom stereocenters. The van der Waals surface area contributed by atoms with Gasteiger partial charge in [-0.1, -0.05) is 64.1 Å². The largest absolute Gasteiger partial charge is 0.358 e. The summed E-state index contributed by atoms with van der Waals surface area (Å²) in [5, 5.41) is 7.17. The molecule has 0 aliphatic carbocycles. The van der Waals surface area contributed by atoms with Gasteiger partial charge in [0.05, 0.1) is 0 Å². The number of anilines is 1. The van der Waals surface area contributed by atoms with Crippen molar-refractivity contribution in [1.29, 1.82) is 0 Å². The quantitative estimate of drug-likeness (QED) is 0.630. The van der Waals surface area contributed by atoms with Gasteiger partial charge in [0.2, 0.25) is 0 Å². The van der Waals surface area contributed by atoms with E-state index in [1.54, 1.807) is 0 Å². The van der Waals surface area contributed by atoms with Gasteiger partial charge in [-0.05, 0) is 60.0 Å². The molecule has 0 saturated carbocycles. The predicted molar refractivity (Wildman–Crippen MR) is 117 cm³/mol. The molecule has 0 aromatic heterocycles. The van der Waals surface area contributed by atoms with E-state index in [1.807, 2.05) is 0 Å². The molecule has 4 heteroatoms. The van der Waals surface area contributed by atoms with Crippen LogP contribution >= 0.6 is 12.2 Å². The summed E-state index contributed by atoms with van der Waals surface area (Å²) in [5.74, 6) is 0.541. The highest BCUT2D eigenvalue weighted by molar-refractivity contribution is 7.80. The molecular weight excluding hydrogens is 338 g/mol. The monoisotopic (exact) mass is 369 g/mol. The average Bonchev–Trinajstić information content (AvgIpc) is 2.65. The zero-order valence-corrected chi connectivity index (χ0v) is 17.2. The summed E-state index contributed by atoms with van der Waals surface area (Å²) in [7, 11) is 0. The maximum absolute atomic E-state index is 5.40. The standard InChI is InChI=1S/C22H31N3S/c1-5-25(6-2)16-19-9-7-18(8-10-19)15-23-22(26)24-21-13-11-20(12-14-21)17(3)4/h7-14,17H,5-6,15-16H2,1-4H3,(H2,23,24,26). The Morgan fingerprint density at radius 1 is 0.923 bits per heavy atom. The van der Waals surface area contributed by atoms with E-state index >= 15 is 0 Å². The maximum atomic E-state index is 5.40. The van der Waals surface area contributed by atoms with Gasteiger partial charge in [0.15, 0.2) is 5.11 Å². The molecule has 0 atom stereocenters. The summed E-state index contributed by atoms with van der Waals surface area (Å²) >= 11 is 5.40. The van der Waals surface area contributed by atoms with Crippen LogP contribution in [0.5, 0.6) is 0 Å². The van der Waals surface area contributed by atoms with Gasteiger partial charge in [-0.2, -0.15) is 0 Å². The predicted octanol–water partition coefficient (Wildman–Crippen LogP) is 5.14. The molecule has 140 valence electrons. The Morgan fingerprint density at radius 2 is 1.50 bits per heavy atom. The van der Waals surface area contributed by atoms with Gasteiger partial charge in [-0.15, -0.1) is 0 Å². The number of hydrogen-bond acceptors (Lipinski definition) is 2. The van der Waals surface area contributed by atoms with Crippen molar-refractivity contribution < 1.29 is 0 Å². The van der Waals surface area contributed by atoms with Crippen molar-refractivity contribution in [3.63, 3.8) is 0 Å². The van der Waals surface area contributed by atoms with E-state index in [-0.39, 0.29) is 0 Å². The average molecular weight is 370 g/mol. The van der Waals surface area contributed by atoms with Gasteiger partial charge in [-0.3, -0.25) is 4.90 Å². The molecule has 26 heavy (non-hydrogen) atoms. The molecule has 0 aliphatic heterocycles. The number of nitrogens with zero attached hydrogens (tertiary/aromatic N) is 1. The van der Waals surface area contributed by atoms with Crippen LogP contribution in [0.2, 0.25) is 0 Å². The lowest BCUT2D eigenvalue weighted by atomic mass is 10.0. The fourth-order valence-electron chi connectivity index (χ4n) is 2.78. The summed E-state index contributed by atoms with van der Waals surface area (Å²) in [4.78, 5) is 2.41. The van der Waals surface area contributed by atoms with Crippen LogP contribution in [0.1, 0.15) is 50.3 Å². The minimum atomic E-state index is 0.541. The first kappa shape index (κ1) is 20.4. The third-order valence-corrected chi connectivity index (χ3v) is 4.86. The van der Waals surface area contributed by atoms with Gasteiger partial charge in [0.1, 0.15) is 0 Å². The Bertz CT molecular complexity index is 674. The highest BCUT2D eigenvalue weighted by Gasteiger charge is 2.03. The second kappa shape index (κ2) is 10.3. The van der Waals surface area contributed by atoms with Crippen molar-refractivity contribution in [2.45, 2.75) is 46.7 Å². The smallest absolute Gasteiger partial charge is 0.171 e. The zero-order valence-electron chi connectivity index (χ0n) is 16.4. The first-order chi connectivity index (χ1) is 12.5. The summed E-state index contributed by atoms with van der Waals surface area (Å²) in [6.45, 7) is 12.7. The number of nitrogens with one attached hydrogen (secondary N) is 2. The molecule has 0 aliphatic rings. The number of thiocarbonyl (C=S) groups is 1. The molecule has 0 amide bonds. The molecule has 3 nitrogen and oxygen atoms in total. The van der Waals surface area contributed by atoms with Gasteiger partial charge in [-0.25, -0.2) is 0 Å². The molecule has 2 aromatic carbocycles. The zero-order chi connectivity index (χ0) is 18.9. The van der Waals surface area contributed by atoms with E-state index in [2.05, 4.69) is 91.8 Å². The van der Waals surface area contributed by atoms with Crippen LogP contribution in [-0.4, -0.2) is 23.1 Å². The normalized spacial score (nSPS) is 11.0. The van der Waals surface area contributed by atoms with E-state index < -0.39 is 0 Å². The van der Waals surface area contributed by atoms with E-state index in [4.69, 9.17) is 12.2 Å². The van der Waals surface area contributed by atoms with Gasteiger partial charge in [0, 0.05) is 18.8 Å². The van der Waals surface area contributed by atoms with Crippen molar-refractivity contribution in [2.75, 3.05) is 18.4 Å². The van der Waals surface area contributed by atoms with Gasteiger partial charge < -0.3 is 10.6 Å². The highest BCUT2D eigenvalue weighted by atomic mass is 32.1. The minimum Gasteiger partial charge on any atom is -0.358 e. The summed E-state index contributed by atoms with van der Waals surface area (Å²) < 4.78 is 0. The topological polar surface area (TPSA) is 27.3 Å². The van der Waals surface area contributed by atoms with Crippen molar-refractivity contribution in [3.8, 4) is 0 Å². The lowest BCUT2D eigenvalue weighted by Crippen LogP contribution is -2.27. The van der Waals surface area contributed by atoms with Crippen molar-refractivity contribution >= 4 is 23.0 Å². The second-order valence-corrected chi connectivity index (χ2v) is 7.27. The van der Waals surface area contributed by atoms with Crippen molar-refractivity contribution in [1.82, 2.24) is 10.2 Å². The van der Waals surface area contributed by atoms with E-state index in [0.717, 1.165) is 31.9 Å². The Kier molecular flexibility index (Phi) is 8.07. The Balaban J connectivity index is 1.81. The van der Waals surface area contributed by atoms with E-state index in [0.29, 0.717) is 11.0 Å². The Hall–Kier alpha value is -1.91. The second-order valence-electron chi connectivity index (χ2n) is 6.86. The van der Waals surface area contributed by atoms with Crippen LogP contribution in [0.3, 0.4) is 0 Å². The molecule has 0 saturated heterocycles. The molecule has 0 spiro atoms. The fraction of sp³-hybridized carbons (Fsp3) is 0.409. The van der Waals surface area contributed by atoms with E-state index in [9.17, 15) is 0 Å². The first-order valence-electron chi connectivity index (χ1n) is 9.46. The lowest BCUT2D eigenvalue weighted by Gasteiger charge is -2.18. The molecule has 0 bridgehead atoms. The highest BCUT2D eigenvalue weighted by Crippen LogP contribution is 2.17. The SMILES string of the molecule is CCN(CC)Cc1ccc(CNC(=S)Nc2ccc(C(C)C)cc2)cc1. The summed E-state index contributed by atoms with van der Waals surface area (Å²) in [6, 6.07) is 17.2. The number of hydrogen-bond donors (Lipinski definition) is 2. The molecule has 2 rings (SSSR count). The molecule has 0 heterocycles. The number of rotatable bonds is 8. The third-order valence-electron chi connectivity index (χ3n) is 4.61. The van der Waals surface area contributed by atoms with Gasteiger partial charge >= 0.3 is 0 Å². The molecular formula is C22H31N3S. The summed E-state index contributed by atoms with van der Waals surface area (Å²) in [6.07, 6.45) is 0. The van der Waals surface area contributed by atoms with Crippen LogP contribution < -0.4 is 10.6 Å². The van der Waals surface area contributed by atoms with Crippen LogP contribution in [-0.2, 0) is 13.1 Å². The first-order valence-corrected chi connectivity index (χ1v) is 9.87.